The molecule has 6 rings (SSSR count). The average molecular weight is 534 g/mol. The maximum atomic E-state index is 4.98. The van der Waals surface area contributed by atoms with Gasteiger partial charge in [0.2, 0.25) is 0 Å². The van der Waals surface area contributed by atoms with Crippen molar-refractivity contribution < 1.29 is 0 Å². The fourth-order valence-corrected chi connectivity index (χ4v) is 8.16. The molecule has 0 bridgehead atoms. The Balaban J connectivity index is 1.53. The molecule has 0 saturated heterocycles. The van der Waals surface area contributed by atoms with Gasteiger partial charge in [-0.1, -0.05) is 71.0 Å². The van der Waals surface area contributed by atoms with E-state index in [2.05, 4.69) is 109 Å². The number of fused-ring (bicyclic) bond motifs is 3. The summed E-state index contributed by atoms with van der Waals surface area (Å²) in [6.07, 6.45) is 3.12. The highest BCUT2D eigenvalue weighted by Crippen LogP contribution is 2.44. The molecule has 0 atom stereocenters. The zero-order valence-corrected chi connectivity index (χ0v) is 25.0. The predicted octanol–water partition coefficient (Wildman–Crippen LogP) is 11.1. The second-order valence-electron chi connectivity index (χ2n) is 12.0. The van der Waals surface area contributed by atoms with E-state index in [1.807, 2.05) is 28.9 Å². The van der Waals surface area contributed by atoms with Crippen LogP contribution in [0, 0.1) is 19.8 Å². The molecule has 0 unspecified atom stereocenters. The minimum atomic E-state index is 0.0427. The van der Waals surface area contributed by atoms with Crippen LogP contribution in [0.25, 0.3) is 52.6 Å². The van der Waals surface area contributed by atoms with Crippen LogP contribution in [0.1, 0.15) is 56.2 Å². The Labute approximate surface area is 234 Å². The molecular formula is C35H35NS2. The summed E-state index contributed by atoms with van der Waals surface area (Å²) in [7, 11) is 0. The summed E-state index contributed by atoms with van der Waals surface area (Å²) in [6.45, 7) is 16.1. The summed E-state index contributed by atoms with van der Waals surface area (Å²) >= 11 is 3.83. The number of benzene rings is 3. The van der Waals surface area contributed by atoms with Crippen LogP contribution in [0.5, 0.6) is 0 Å². The van der Waals surface area contributed by atoms with Crippen LogP contribution < -0.4 is 0 Å². The lowest BCUT2D eigenvalue weighted by atomic mass is 9.82. The summed E-state index contributed by atoms with van der Waals surface area (Å²) in [6, 6.07) is 22.7. The third-order valence-electron chi connectivity index (χ3n) is 7.65. The van der Waals surface area contributed by atoms with Crippen molar-refractivity contribution in [1.82, 2.24) is 4.98 Å². The van der Waals surface area contributed by atoms with E-state index < -0.39 is 0 Å². The van der Waals surface area contributed by atoms with Gasteiger partial charge >= 0.3 is 0 Å². The third kappa shape index (κ3) is 4.26. The minimum absolute atomic E-state index is 0.0427. The molecule has 192 valence electrons. The summed E-state index contributed by atoms with van der Waals surface area (Å²) in [4.78, 5) is 7.78. The van der Waals surface area contributed by atoms with E-state index in [4.69, 9.17) is 4.98 Å². The van der Waals surface area contributed by atoms with Crippen LogP contribution in [-0.2, 0) is 11.8 Å². The van der Waals surface area contributed by atoms with Crippen molar-refractivity contribution in [2.75, 3.05) is 0 Å². The molecule has 38 heavy (non-hydrogen) atoms. The van der Waals surface area contributed by atoms with E-state index in [0.29, 0.717) is 5.92 Å². The second kappa shape index (κ2) is 9.32. The van der Waals surface area contributed by atoms with E-state index in [1.165, 1.54) is 68.5 Å². The molecule has 0 radical (unpaired) electrons. The lowest BCUT2D eigenvalue weighted by molar-refractivity contribution is 0.596. The summed E-state index contributed by atoms with van der Waals surface area (Å²) in [5.41, 5.74) is 7.87. The number of pyridine rings is 1. The van der Waals surface area contributed by atoms with Crippen LogP contribution in [-0.4, -0.2) is 4.98 Å². The maximum absolute atomic E-state index is 4.98. The Kier molecular flexibility index (Phi) is 6.20. The van der Waals surface area contributed by atoms with Gasteiger partial charge in [-0.05, 0) is 94.3 Å². The highest BCUT2D eigenvalue weighted by molar-refractivity contribution is 7.22. The molecule has 6 aromatic rings. The summed E-state index contributed by atoms with van der Waals surface area (Å²) in [5, 5.41) is 5.31. The molecule has 0 aliphatic rings. The van der Waals surface area contributed by atoms with Gasteiger partial charge < -0.3 is 0 Å². The standard InChI is InChI=1S/C35H35NS2/c1-20(2)16-28-22(4)37-31-19-24(12-13-27(28)31)34-21(3)32-30(38-34)14-15-36-33(32)25-17-23-10-8-9-11-26(23)29(18-25)35(5,6)7/h8-15,17-20H,16H2,1-7H3. The average Bonchev–Trinajstić information content (AvgIpc) is 3.38. The smallest absolute Gasteiger partial charge is 0.0791 e. The van der Waals surface area contributed by atoms with Gasteiger partial charge in [-0.3, -0.25) is 4.98 Å². The van der Waals surface area contributed by atoms with E-state index in [1.54, 1.807) is 0 Å². The second-order valence-corrected chi connectivity index (χ2v) is 14.3. The van der Waals surface area contributed by atoms with E-state index >= 15 is 0 Å². The largest absolute Gasteiger partial charge is 0.256 e. The van der Waals surface area contributed by atoms with Crippen molar-refractivity contribution in [1.29, 1.82) is 0 Å². The number of thiophene rings is 2. The van der Waals surface area contributed by atoms with Gasteiger partial charge in [-0.25, -0.2) is 0 Å². The molecular weight excluding hydrogens is 499 g/mol. The Hall–Kier alpha value is -3.01. The highest BCUT2D eigenvalue weighted by atomic mass is 32.1. The van der Waals surface area contributed by atoms with Gasteiger partial charge in [0.25, 0.3) is 0 Å². The Bertz CT molecular complexity index is 1820. The van der Waals surface area contributed by atoms with Gasteiger partial charge in [0.05, 0.1) is 5.69 Å². The zero-order valence-electron chi connectivity index (χ0n) is 23.4. The van der Waals surface area contributed by atoms with E-state index in [0.717, 1.165) is 12.1 Å². The van der Waals surface area contributed by atoms with Crippen molar-refractivity contribution in [3.63, 3.8) is 0 Å². The molecule has 3 heteroatoms. The molecule has 3 heterocycles. The number of aromatic nitrogens is 1. The topological polar surface area (TPSA) is 12.9 Å². The normalized spacial score (nSPS) is 12.4. The van der Waals surface area contributed by atoms with Crippen molar-refractivity contribution in [2.24, 2.45) is 5.92 Å². The number of rotatable bonds is 4. The summed E-state index contributed by atoms with van der Waals surface area (Å²) < 4.78 is 2.70. The van der Waals surface area contributed by atoms with Gasteiger partial charge in [-0.15, -0.1) is 22.7 Å². The first-order valence-electron chi connectivity index (χ1n) is 13.6. The van der Waals surface area contributed by atoms with Crippen molar-refractivity contribution in [2.45, 2.75) is 60.3 Å². The lowest BCUT2D eigenvalue weighted by Crippen LogP contribution is -2.12. The van der Waals surface area contributed by atoms with Crippen LogP contribution in [0.2, 0.25) is 0 Å². The number of hydrogen-bond donors (Lipinski definition) is 0. The van der Waals surface area contributed by atoms with E-state index in [9.17, 15) is 0 Å². The van der Waals surface area contributed by atoms with Gasteiger partial charge in [0.15, 0.2) is 0 Å². The maximum Gasteiger partial charge on any atom is 0.0791 e. The van der Waals surface area contributed by atoms with Crippen molar-refractivity contribution in [3.8, 4) is 21.7 Å². The minimum Gasteiger partial charge on any atom is -0.256 e. The highest BCUT2D eigenvalue weighted by Gasteiger charge is 2.21. The Morgan fingerprint density at radius 3 is 2.37 bits per heavy atom. The van der Waals surface area contributed by atoms with Crippen LogP contribution in [0.15, 0.2) is 66.9 Å². The molecule has 0 amide bonds. The lowest BCUT2D eigenvalue weighted by Gasteiger charge is -2.23. The number of aryl methyl sites for hydroxylation is 2. The molecule has 0 N–H and O–H groups in total. The molecule has 0 spiro atoms. The molecule has 0 aliphatic heterocycles. The Morgan fingerprint density at radius 1 is 0.816 bits per heavy atom. The van der Waals surface area contributed by atoms with Crippen LogP contribution in [0.3, 0.4) is 0 Å². The van der Waals surface area contributed by atoms with Crippen molar-refractivity contribution in [3.05, 3.63) is 88.4 Å². The molecule has 1 nitrogen and oxygen atoms in total. The van der Waals surface area contributed by atoms with Gasteiger partial charge in [-0.2, -0.15) is 0 Å². The van der Waals surface area contributed by atoms with Crippen LogP contribution >= 0.6 is 22.7 Å². The van der Waals surface area contributed by atoms with Gasteiger partial charge in [0, 0.05) is 36.3 Å². The summed E-state index contributed by atoms with van der Waals surface area (Å²) in [5.74, 6) is 0.663. The Morgan fingerprint density at radius 2 is 1.61 bits per heavy atom. The first kappa shape index (κ1) is 25.3. The molecule has 0 saturated carbocycles. The molecule has 3 aromatic heterocycles. The van der Waals surface area contributed by atoms with Gasteiger partial charge in [0.1, 0.15) is 0 Å². The zero-order chi connectivity index (χ0) is 26.8. The van der Waals surface area contributed by atoms with E-state index in [-0.39, 0.29) is 5.41 Å². The first-order chi connectivity index (χ1) is 18.1. The first-order valence-corrected chi connectivity index (χ1v) is 15.2. The predicted molar refractivity (Wildman–Crippen MR) is 170 cm³/mol. The molecule has 3 aromatic carbocycles. The SMILES string of the molecule is Cc1sc2cc(-c3sc4ccnc(-c5cc(C(C)(C)C)c6ccccc6c5)c4c3C)ccc2c1CC(C)C. The fraction of sp³-hybridized carbons (Fsp3) is 0.286. The fourth-order valence-electron chi connectivity index (χ4n) is 5.83. The third-order valence-corrected chi connectivity index (χ3v) is 10.1. The number of hydrogen-bond acceptors (Lipinski definition) is 3. The molecule has 0 fully saturated rings. The van der Waals surface area contributed by atoms with Crippen molar-refractivity contribution >= 4 is 53.6 Å². The number of nitrogens with zero attached hydrogens (tertiary/aromatic N) is 1. The molecule has 0 aliphatic carbocycles. The van der Waals surface area contributed by atoms with Crippen LogP contribution in [0.4, 0.5) is 0 Å². The monoisotopic (exact) mass is 533 g/mol. The quantitative estimate of drug-likeness (QED) is 0.220.